The van der Waals surface area contributed by atoms with Gasteiger partial charge in [0, 0.05) is 6.92 Å². The summed E-state index contributed by atoms with van der Waals surface area (Å²) in [6, 6.07) is 8.39. The largest absolute Gasteiger partial charge is 0.422 e. The van der Waals surface area contributed by atoms with E-state index in [1.165, 1.54) is 0 Å². The van der Waals surface area contributed by atoms with Crippen LogP contribution in [0.5, 0.6) is 0 Å². The molecule has 0 spiro atoms. The van der Waals surface area contributed by atoms with Crippen LogP contribution in [-0.2, 0) is 11.2 Å². The molecule has 0 saturated carbocycles. The highest BCUT2D eigenvalue weighted by Gasteiger charge is 2.69. The molecular formula is C12H13F5O2. The maximum Gasteiger partial charge on any atom is 0.422 e. The minimum atomic E-state index is -5.50. The third kappa shape index (κ3) is 3.63. The molecule has 0 saturated heterocycles. The summed E-state index contributed by atoms with van der Waals surface area (Å²) in [5.74, 6) is -9.31. The molecule has 1 unspecified atom stereocenters. The van der Waals surface area contributed by atoms with Crippen LogP contribution >= 0.6 is 0 Å². The van der Waals surface area contributed by atoms with E-state index in [4.69, 9.17) is 5.11 Å². The highest BCUT2D eigenvalue weighted by atomic mass is 19.3. The molecular weight excluding hydrogens is 271 g/mol. The monoisotopic (exact) mass is 284 g/mol. The van der Waals surface area contributed by atoms with Gasteiger partial charge in [0.1, 0.15) is 0 Å². The average molecular weight is 284 g/mol. The lowest BCUT2D eigenvalue weighted by Gasteiger charge is -2.32. The minimum Gasteiger partial charge on any atom is -0.341 e. The van der Waals surface area contributed by atoms with Crippen LogP contribution in [0.4, 0.5) is 22.0 Å². The molecule has 0 aliphatic heterocycles. The van der Waals surface area contributed by atoms with Gasteiger partial charge in [-0.3, -0.25) is 0 Å². The average Bonchev–Trinajstić information content (AvgIpc) is 2.28. The molecule has 0 aliphatic carbocycles. The zero-order valence-corrected chi connectivity index (χ0v) is 10.0. The summed E-state index contributed by atoms with van der Waals surface area (Å²) in [6.45, 7) is -0.370. The van der Waals surface area contributed by atoms with Crippen molar-refractivity contribution in [3.05, 3.63) is 35.9 Å². The first-order valence-electron chi connectivity index (χ1n) is 5.43. The number of hydrogen-bond donors (Lipinski definition) is 1. The van der Waals surface area contributed by atoms with Crippen molar-refractivity contribution in [2.45, 2.75) is 31.2 Å². The Kier molecular flexibility index (Phi) is 4.52. The molecule has 0 aromatic heterocycles. The van der Waals surface area contributed by atoms with Crippen LogP contribution in [0.15, 0.2) is 30.3 Å². The van der Waals surface area contributed by atoms with E-state index >= 15 is 0 Å². The van der Waals surface area contributed by atoms with Crippen molar-refractivity contribution in [2.24, 2.45) is 0 Å². The van der Waals surface area contributed by atoms with Crippen LogP contribution in [0.1, 0.15) is 12.5 Å². The van der Waals surface area contributed by atoms with E-state index in [0.29, 0.717) is 5.56 Å². The van der Waals surface area contributed by atoms with Crippen molar-refractivity contribution < 1.29 is 31.8 Å². The quantitative estimate of drug-likeness (QED) is 0.813. The van der Waals surface area contributed by atoms with Crippen molar-refractivity contribution in [3.8, 4) is 0 Å². The third-order valence-corrected chi connectivity index (χ3v) is 2.55. The molecule has 19 heavy (non-hydrogen) atoms. The summed E-state index contributed by atoms with van der Waals surface area (Å²) in [5, 5.41) is 7.99. The summed E-state index contributed by atoms with van der Waals surface area (Å²) < 4.78 is 68.0. The molecule has 1 atom stereocenters. The lowest BCUT2D eigenvalue weighted by molar-refractivity contribution is -0.401. The maximum atomic E-state index is 13.5. The van der Waals surface area contributed by atoms with Gasteiger partial charge in [0.15, 0.2) is 0 Å². The van der Waals surface area contributed by atoms with Crippen LogP contribution in [0.2, 0.25) is 0 Å². The molecule has 1 aromatic rings. The fourth-order valence-corrected chi connectivity index (χ4v) is 1.36. The van der Waals surface area contributed by atoms with Gasteiger partial charge in [0.2, 0.25) is 0 Å². The van der Waals surface area contributed by atoms with E-state index in [2.05, 4.69) is 4.74 Å². The second-order valence-electron chi connectivity index (χ2n) is 4.12. The number of benzene rings is 1. The smallest absolute Gasteiger partial charge is 0.341 e. The zero-order valence-electron chi connectivity index (χ0n) is 10.0. The van der Waals surface area contributed by atoms with Crippen LogP contribution in [0, 0.1) is 0 Å². The normalized spacial score (nSPS) is 16.2. The van der Waals surface area contributed by atoms with Crippen LogP contribution in [0.25, 0.3) is 0 Å². The number of hydrogen-bond acceptors (Lipinski definition) is 2. The predicted octanol–water partition coefficient (Wildman–Crippen LogP) is 3.15. The third-order valence-electron chi connectivity index (χ3n) is 2.55. The maximum absolute atomic E-state index is 13.5. The number of aliphatic hydroxyl groups is 1. The summed E-state index contributed by atoms with van der Waals surface area (Å²) in [6.07, 6.45) is -5.42. The first kappa shape index (κ1) is 15.8. The van der Waals surface area contributed by atoms with E-state index in [0.717, 1.165) is 0 Å². The second kappa shape index (κ2) is 5.42. The highest BCUT2D eigenvalue weighted by molar-refractivity contribution is 5.14. The van der Waals surface area contributed by atoms with Crippen LogP contribution in [0.3, 0.4) is 0 Å². The molecule has 1 N–H and O–H groups in total. The van der Waals surface area contributed by atoms with Gasteiger partial charge in [-0.05, 0) is 12.0 Å². The van der Waals surface area contributed by atoms with Crippen molar-refractivity contribution in [1.29, 1.82) is 0 Å². The molecule has 0 amide bonds. The SMILES string of the molecule is CC(F)(OCCc1ccccc1)C(F)(F)C(O)(F)F. The van der Waals surface area contributed by atoms with Crippen molar-refractivity contribution in [1.82, 2.24) is 0 Å². The molecule has 0 aliphatic rings. The summed E-state index contributed by atoms with van der Waals surface area (Å²) in [4.78, 5) is 0. The fourth-order valence-electron chi connectivity index (χ4n) is 1.36. The van der Waals surface area contributed by atoms with Crippen molar-refractivity contribution >= 4 is 0 Å². The predicted molar refractivity (Wildman–Crippen MR) is 57.7 cm³/mol. The highest BCUT2D eigenvalue weighted by Crippen LogP contribution is 2.43. The first-order chi connectivity index (χ1) is 8.58. The Morgan fingerprint density at radius 3 is 2.05 bits per heavy atom. The van der Waals surface area contributed by atoms with E-state index < -0.39 is 24.5 Å². The number of halogens is 5. The zero-order chi connectivity index (χ0) is 14.7. The van der Waals surface area contributed by atoms with E-state index in [1.54, 1.807) is 30.3 Å². The Labute approximate surface area is 106 Å². The first-order valence-corrected chi connectivity index (χ1v) is 5.43. The number of alkyl halides is 5. The summed E-state index contributed by atoms with van der Waals surface area (Å²) in [7, 11) is 0. The molecule has 1 aromatic carbocycles. The van der Waals surface area contributed by atoms with E-state index in [1.807, 2.05) is 0 Å². The Morgan fingerprint density at radius 1 is 1.05 bits per heavy atom. The summed E-state index contributed by atoms with van der Waals surface area (Å²) in [5.41, 5.74) is 0.678. The number of rotatable bonds is 6. The molecule has 7 heteroatoms. The van der Waals surface area contributed by atoms with Crippen molar-refractivity contribution in [2.75, 3.05) is 6.61 Å². The molecule has 0 heterocycles. The topological polar surface area (TPSA) is 29.5 Å². The second-order valence-corrected chi connectivity index (χ2v) is 4.12. The molecule has 0 bridgehead atoms. The van der Waals surface area contributed by atoms with Gasteiger partial charge < -0.3 is 9.84 Å². The van der Waals surface area contributed by atoms with Gasteiger partial charge in [-0.2, -0.15) is 17.6 Å². The van der Waals surface area contributed by atoms with E-state index in [9.17, 15) is 22.0 Å². The Balaban J connectivity index is 2.61. The molecule has 0 fully saturated rings. The Hall–Kier alpha value is -1.21. The van der Waals surface area contributed by atoms with Crippen LogP contribution in [-0.4, -0.2) is 29.6 Å². The fraction of sp³-hybridized carbons (Fsp3) is 0.500. The molecule has 108 valence electrons. The molecule has 2 nitrogen and oxygen atoms in total. The van der Waals surface area contributed by atoms with Gasteiger partial charge >= 0.3 is 12.0 Å². The van der Waals surface area contributed by atoms with Gasteiger partial charge in [0.25, 0.3) is 5.85 Å². The van der Waals surface area contributed by atoms with Gasteiger partial charge in [-0.15, -0.1) is 0 Å². The van der Waals surface area contributed by atoms with Crippen molar-refractivity contribution in [3.63, 3.8) is 0 Å². The lowest BCUT2D eigenvalue weighted by atomic mass is 10.1. The minimum absolute atomic E-state index is 0.0768. The standard InChI is InChI=1S/C12H13F5O2/c1-10(13,11(14,15)12(16,17)18)19-8-7-9-5-3-2-4-6-9/h2-6,18H,7-8H2,1H3. The van der Waals surface area contributed by atoms with Gasteiger partial charge in [0.05, 0.1) is 6.61 Å². The Morgan fingerprint density at radius 2 is 1.58 bits per heavy atom. The lowest BCUT2D eigenvalue weighted by Crippen LogP contribution is -2.56. The van der Waals surface area contributed by atoms with Crippen LogP contribution < -0.4 is 0 Å². The van der Waals surface area contributed by atoms with E-state index in [-0.39, 0.29) is 13.3 Å². The molecule has 1 rings (SSSR count). The Bertz CT molecular complexity index is 400. The molecule has 0 radical (unpaired) electrons. The number of ether oxygens (including phenoxy) is 1. The van der Waals surface area contributed by atoms with Gasteiger partial charge in [-0.25, -0.2) is 4.39 Å². The summed E-state index contributed by atoms with van der Waals surface area (Å²) >= 11 is 0. The van der Waals surface area contributed by atoms with Gasteiger partial charge in [-0.1, -0.05) is 30.3 Å².